The summed E-state index contributed by atoms with van der Waals surface area (Å²) in [6.45, 7) is 7.84. The van der Waals surface area contributed by atoms with Crippen molar-refractivity contribution >= 4 is 17.3 Å². The number of nitrogens with one attached hydrogen (secondary N) is 2. The van der Waals surface area contributed by atoms with Crippen molar-refractivity contribution in [2.24, 2.45) is 12.5 Å². The highest BCUT2D eigenvalue weighted by Gasteiger charge is 2.39. The molecule has 3 aliphatic rings. The standard InChI is InChI=1S/C26H32N6O2/c1-26(2)16-34-13-10-21(26)32-23-19-14-17(6-8-20(19)28-29-24(23)30(3)25(32)33)18-7-9-22(27-15-18)31-11-4-5-12-31/h6-9,14-15,21,28-29H,4-5,10-13,16H2,1-3H3/t21-/m1/s1. The van der Waals surface area contributed by atoms with Crippen LogP contribution in [0, 0.1) is 5.41 Å². The van der Waals surface area contributed by atoms with Crippen LogP contribution in [0.25, 0.3) is 22.4 Å². The van der Waals surface area contributed by atoms with Crippen LogP contribution in [0.15, 0.2) is 41.3 Å². The first-order valence-corrected chi connectivity index (χ1v) is 12.2. The van der Waals surface area contributed by atoms with E-state index in [1.807, 2.05) is 17.8 Å². The van der Waals surface area contributed by atoms with E-state index in [9.17, 15) is 4.79 Å². The summed E-state index contributed by atoms with van der Waals surface area (Å²) in [7, 11) is 1.83. The van der Waals surface area contributed by atoms with Crippen LogP contribution in [-0.4, -0.2) is 40.4 Å². The number of fused-ring (bicyclic) bond motifs is 3. The fourth-order valence-electron chi connectivity index (χ4n) is 5.66. The van der Waals surface area contributed by atoms with E-state index >= 15 is 0 Å². The van der Waals surface area contributed by atoms with Crippen molar-refractivity contribution in [3.8, 4) is 22.4 Å². The Kier molecular flexibility index (Phi) is 4.95. The van der Waals surface area contributed by atoms with Crippen LogP contribution in [-0.2, 0) is 11.8 Å². The maximum atomic E-state index is 13.5. The molecule has 3 aromatic rings. The molecular formula is C26H32N6O2. The molecule has 6 rings (SSSR count). The Labute approximate surface area is 199 Å². The normalized spacial score (nSPS) is 20.9. The minimum absolute atomic E-state index is 0.00541. The van der Waals surface area contributed by atoms with Crippen LogP contribution < -0.4 is 21.4 Å². The van der Waals surface area contributed by atoms with E-state index in [2.05, 4.69) is 59.9 Å². The number of benzene rings is 1. The van der Waals surface area contributed by atoms with Gasteiger partial charge in [-0.2, -0.15) is 0 Å². The van der Waals surface area contributed by atoms with Crippen molar-refractivity contribution in [1.82, 2.24) is 14.1 Å². The van der Waals surface area contributed by atoms with Crippen molar-refractivity contribution in [3.63, 3.8) is 0 Å². The lowest BCUT2D eigenvalue weighted by Gasteiger charge is -2.39. The highest BCUT2D eigenvalue weighted by Crippen LogP contribution is 2.45. The summed E-state index contributed by atoms with van der Waals surface area (Å²) in [6, 6.07) is 10.7. The Morgan fingerprint density at radius 1 is 1.09 bits per heavy atom. The smallest absolute Gasteiger partial charge is 0.330 e. The molecule has 8 heteroatoms. The predicted molar refractivity (Wildman–Crippen MR) is 135 cm³/mol. The molecule has 2 saturated heterocycles. The number of imidazole rings is 1. The van der Waals surface area contributed by atoms with Crippen LogP contribution in [0.2, 0.25) is 0 Å². The molecule has 1 atom stereocenters. The molecule has 34 heavy (non-hydrogen) atoms. The van der Waals surface area contributed by atoms with Crippen molar-refractivity contribution in [3.05, 3.63) is 47.0 Å². The topological polar surface area (TPSA) is 76.3 Å². The van der Waals surface area contributed by atoms with Crippen LogP contribution >= 0.6 is 0 Å². The fourth-order valence-corrected chi connectivity index (χ4v) is 5.66. The maximum Gasteiger partial charge on any atom is 0.330 e. The van der Waals surface area contributed by atoms with Crippen molar-refractivity contribution < 1.29 is 4.74 Å². The summed E-state index contributed by atoms with van der Waals surface area (Å²) in [4.78, 5) is 20.6. The quantitative estimate of drug-likeness (QED) is 0.608. The zero-order valence-electron chi connectivity index (χ0n) is 20.1. The van der Waals surface area contributed by atoms with Gasteiger partial charge in [-0.1, -0.05) is 19.9 Å². The van der Waals surface area contributed by atoms with E-state index in [4.69, 9.17) is 9.72 Å². The van der Waals surface area contributed by atoms with Crippen LogP contribution in [0.1, 0.15) is 39.2 Å². The molecule has 0 spiro atoms. The van der Waals surface area contributed by atoms with Gasteiger partial charge in [-0.3, -0.25) is 20.0 Å². The van der Waals surface area contributed by atoms with E-state index in [-0.39, 0.29) is 17.1 Å². The average molecular weight is 461 g/mol. The van der Waals surface area contributed by atoms with Gasteiger partial charge in [0.25, 0.3) is 0 Å². The Balaban J connectivity index is 1.44. The average Bonchev–Trinajstić information content (AvgIpc) is 3.47. The minimum Gasteiger partial charge on any atom is -0.381 e. The van der Waals surface area contributed by atoms with Gasteiger partial charge in [-0.05, 0) is 49.1 Å². The lowest BCUT2D eigenvalue weighted by molar-refractivity contribution is -0.0261. The molecule has 0 saturated carbocycles. The molecular weight excluding hydrogens is 428 g/mol. The predicted octanol–water partition coefficient (Wildman–Crippen LogP) is 4.26. The minimum atomic E-state index is -0.144. The van der Waals surface area contributed by atoms with Gasteiger partial charge in [-0.25, -0.2) is 9.78 Å². The van der Waals surface area contributed by atoms with Gasteiger partial charge in [0.1, 0.15) is 5.82 Å². The number of pyridine rings is 1. The van der Waals surface area contributed by atoms with E-state index in [1.54, 1.807) is 4.57 Å². The van der Waals surface area contributed by atoms with Gasteiger partial charge >= 0.3 is 5.69 Å². The summed E-state index contributed by atoms with van der Waals surface area (Å²) >= 11 is 0. The molecule has 0 bridgehead atoms. The second-order valence-corrected chi connectivity index (χ2v) is 10.4. The van der Waals surface area contributed by atoms with Crippen LogP contribution in [0.3, 0.4) is 0 Å². The zero-order chi connectivity index (χ0) is 23.4. The molecule has 0 unspecified atom stereocenters. The molecule has 0 aliphatic carbocycles. The second-order valence-electron chi connectivity index (χ2n) is 10.4. The van der Waals surface area contributed by atoms with Gasteiger partial charge in [0.2, 0.25) is 0 Å². The summed E-state index contributed by atoms with van der Waals surface area (Å²) in [5, 5.41) is 0. The largest absolute Gasteiger partial charge is 0.381 e. The third-order valence-electron chi connectivity index (χ3n) is 7.62. The molecule has 2 N–H and O–H groups in total. The maximum absolute atomic E-state index is 13.5. The second kappa shape index (κ2) is 7.91. The summed E-state index contributed by atoms with van der Waals surface area (Å²) in [6.07, 6.45) is 5.25. The molecule has 1 aromatic carbocycles. The molecule has 178 valence electrons. The first-order chi connectivity index (χ1) is 16.4. The Bertz CT molecular complexity index is 1280. The number of hydrogen-bond acceptors (Lipinski definition) is 6. The Morgan fingerprint density at radius 3 is 2.62 bits per heavy atom. The summed E-state index contributed by atoms with van der Waals surface area (Å²) < 4.78 is 9.45. The first-order valence-electron chi connectivity index (χ1n) is 12.2. The number of hydrogen-bond donors (Lipinski definition) is 2. The van der Waals surface area contributed by atoms with Gasteiger partial charge in [0.15, 0.2) is 5.82 Å². The van der Waals surface area contributed by atoms with E-state index < -0.39 is 0 Å². The third kappa shape index (κ3) is 3.31. The summed E-state index contributed by atoms with van der Waals surface area (Å²) in [5.74, 6) is 1.84. The molecule has 8 nitrogen and oxygen atoms in total. The van der Waals surface area contributed by atoms with E-state index in [0.717, 1.165) is 59.2 Å². The number of nitrogens with zero attached hydrogens (tertiary/aromatic N) is 4. The third-order valence-corrected chi connectivity index (χ3v) is 7.62. The number of anilines is 3. The van der Waals surface area contributed by atoms with Crippen molar-refractivity contribution in [2.45, 2.75) is 39.2 Å². The van der Waals surface area contributed by atoms with Crippen LogP contribution in [0.5, 0.6) is 0 Å². The van der Waals surface area contributed by atoms with Crippen molar-refractivity contribution in [2.75, 3.05) is 42.1 Å². The highest BCUT2D eigenvalue weighted by atomic mass is 16.5. The Hall–Kier alpha value is -3.26. The van der Waals surface area contributed by atoms with E-state index in [0.29, 0.717) is 13.2 Å². The molecule has 0 amide bonds. The lowest BCUT2D eigenvalue weighted by atomic mass is 9.81. The summed E-state index contributed by atoms with van der Waals surface area (Å²) in [5.41, 5.74) is 11.5. The first kappa shape index (κ1) is 21.3. The van der Waals surface area contributed by atoms with Gasteiger partial charge < -0.3 is 9.64 Å². The molecule has 5 heterocycles. The number of rotatable bonds is 3. The lowest BCUT2D eigenvalue weighted by Crippen LogP contribution is -2.41. The van der Waals surface area contributed by atoms with Gasteiger partial charge in [0.05, 0.1) is 18.0 Å². The van der Waals surface area contributed by atoms with E-state index in [1.165, 1.54) is 12.8 Å². The number of hydrazine groups is 1. The Morgan fingerprint density at radius 2 is 1.88 bits per heavy atom. The van der Waals surface area contributed by atoms with Gasteiger partial charge in [-0.15, -0.1) is 0 Å². The fraction of sp³-hybridized carbons (Fsp3) is 0.462. The molecule has 2 fully saturated rings. The number of aromatic nitrogens is 3. The molecule has 3 aliphatic heterocycles. The molecule has 0 radical (unpaired) electrons. The monoisotopic (exact) mass is 460 g/mol. The number of ether oxygens (including phenoxy) is 1. The van der Waals surface area contributed by atoms with Gasteiger partial charge in [0, 0.05) is 55.5 Å². The van der Waals surface area contributed by atoms with Crippen LogP contribution in [0.4, 0.5) is 17.3 Å². The zero-order valence-corrected chi connectivity index (χ0v) is 20.1. The highest BCUT2D eigenvalue weighted by molar-refractivity contribution is 5.90. The molecule has 2 aromatic heterocycles. The SMILES string of the molecule is Cn1c2c(n([C@@H]3CCOCC3(C)C)c1=O)-c1cc(-c3ccc(N4CCCC4)nc3)ccc1NN2. The van der Waals surface area contributed by atoms with Crippen molar-refractivity contribution in [1.29, 1.82) is 0 Å².